The lowest BCUT2D eigenvalue weighted by molar-refractivity contribution is -0.109. The minimum absolute atomic E-state index is 0.489. The first-order chi connectivity index (χ1) is 15.0. The molecule has 6 rings (SSSR count). The lowest BCUT2D eigenvalue weighted by Gasteiger charge is -2.61. The molecule has 2 heteroatoms. The number of pyridine rings is 1. The summed E-state index contributed by atoms with van der Waals surface area (Å²) in [6, 6.07) is 10.1. The van der Waals surface area contributed by atoms with Crippen LogP contribution < -0.4 is 5.32 Å². The summed E-state index contributed by atoms with van der Waals surface area (Å²) < 4.78 is 0. The summed E-state index contributed by atoms with van der Waals surface area (Å²) in [6.07, 6.45) is 17.0. The van der Waals surface area contributed by atoms with Crippen molar-refractivity contribution in [1.82, 2.24) is 10.3 Å². The van der Waals surface area contributed by atoms with Gasteiger partial charge in [-0.25, -0.2) is 0 Å². The van der Waals surface area contributed by atoms with Crippen LogP contribution in [0, 0.1) is 34.5 Å². The van der Waals surface area contributed by atoms with E-state index in [4.69, 9.17) is 0 Å². The van der Waals surface area contributed by atoms with Gasteiger partial charge in [0.05, 0.1) is 0 Å². The molecule has 0 amide bonds. The predicted octanol–water partition coefficient (Wildman–Crippen LogP) is 6.95. The van der Waals surface area contributed by atoms with E-state index < -0.39 is 0 Å². The SMILES string of the molecule is CN[C@H]1CC[C@@]2(C)C(CC[C@H]3[C@@H]4CC[C@H](c5ccc6ccncc6c5)[C@@]4(C)CC[C@@H]32)C1. The summed E-state index contributed by atoms with van der Waals surface area (Å²) in [5, 5.41) is 6.24. The Morgan fingerprint density at radius 1 is 0.871 bits per heavy atom. The van der Waals surface area contributed by atoms with Gasteiger partial charge in [0.1, 0.15) is 0 Å². The molecule has 4 fully saturated rings. The highest BCUT2D eigenvalue weighted by atomic mass is 14.9. The highest BCUT2D eigenvalue weighted by Gasteiger charge is 2.60. The van der Waals surface area contributed by atoms with E-state index in [2.05, 4.69) is 55.5 Å². The smallest absolute Gasteiger partial charge is 0.0346 e. The summed E-state index contributed by atoms with van der Waals surface area (Å²) >= 11 is 0. The zero-order valence-corrected chi connectivity index (χ0v) is 19.7. The van der Waals surface area contributed by atoms with Crippen molar-refractivity contribution < 1.29 is 0 Å². The van der Waals surface area contributed by atoms with Crippen LogP contribution in [0.15, 0.2) is 36.7 Å². The van der Waals surface area contributed by atoms with Crippen LogP contribution in [0.4, 0.5) is 0 Å². The van der Waals surface area contributed by atoms with Gasteiger partial charge in [-0.3, -0.25) is 4.98 Å². The highest BCUT2D eigenvalue weighted by Crippen LogP contribution is 2.69. The Labute approximate surface area is 188 Å². The monoisotopic (exact) mass is 416 g/mol. The van der Waals surface area contributed by atoms with E-state index in [0.29, 0.717) is 10.8 Å². The van der Waals surface area contributed by atoms with Crippen molar-refractivity contribution in [2.24, 2.45) is 34.5 Å². The van der Waals surface area contributed by atoms with E-state index in [1.54, 1.807) is 5.56 Å². The highest BCUT2D eigenvalue weighted by molar-refractivity contribution is 5.82. The summed E-state index contributed by atoms with van der Waals surface area (Å²) in [6.45, 7) is 5.37. The van der Waals surface area contributed by atoms with E-state index in [9.17, 15) is 0 Å². The maximum absolute atomic E-state index is 4.39. The molecule has 2 aromatic rings. The first-order valence-electron chi connectivity index (χ1n) is 13.0. The van der Waals surface area contributed by atoms with Crippen LogP contribution in [-0.4, -0.2) is 18.1 Å². The average molecular weight is 417 g/mol. The zero-order valence-electron chi connectivity index (χ0n) is 19.7. The third-order valence-electron chi connectivity index (χ3n) is 11.1. The average Bonchev–Trinajstić information content (AvgIpc) is 3.15. The van der Waals surface area contributed by atoms with Crippen molar-refractivity contribution in [2.45, 2.75) is 83.6 Å². The van der Waals surface area contributed by atoms with Gasteiger partial charge in [-0.05, 0) is 128 Å². The van der Waals surface area contributed by atoms with Crippen molar-refractivity contribution in [3.63, 3.8) is 0 Å². The fourth-order valence-electron chi connectivity index (χ4n) is 9.39. The molecule has 1 unspecified atom stereocenters. The van der Waals surface area contributed by atoms with Gasteiger partial charge in [-0.2, -0.15) is 0 Å². The normalized spacial score (nSPS) is 44.5. The van der Waals surface area contributed by atoms with E-state index >= 15 is 0 Å². The number of nitrogens with one attached hydrogen (secondary N) is 1. The van der Waals surface area contributed by atoms with E-state index in [-0.39, 0.29) is 0 Å². The molecule has 0 saturated heterocycles. The lowest BCUT2D eigenvalue weighted by Crippen LogP contribution is -2.54. The molecule has 1 aromatic carbocycles. The van der Waals surface area contributed by atoms with Gasteiger partial charge in [0.15, 0.2) is 0 Å². The Bertz CT molecular complexity index is 968. The van der Waals surface area contributed by atoms with E-state index in [0.717, 1.165) is 35.6 Å². The van der Waals surface area contributed by atoms with Crippen LogP contribution in [0.1, 0.15) is 83.1 Å². The number of nitrogens with zero attached hydrogens (tertiary/aromatic N) is 1. The van der Waals surface area contributed by atoms with Gasteiger partial charge in [-0.15, -0.1) is 0 Å². The van der Waals surface area contributed by atoms with Crippen molar-refractivity contribution in [1.29, 1.82) is 0 Å². The number of fused-ring (bicyclic) bond motifs is 6. The summed E-state index contributed by atoms with van der Waals surface area (Å²) in [4.78, 5) is 4.39. The number of rotatable bonds is 2. The molecule has 8 atom stereocenters. The van der Waals surface area contributed by atoms with Crippen LogP contribution in [-0.2, 0) is 0 Å². The quantitative estimate of drug-likeness (QED) is 0.573. The van der Waals surface area contributed by atoms with Crippen molar-refractivity contribution in [2.75, 3.05) is 7.05 Å². The van der Waals surface area contributed by atoms with Gasteiger partial charge < -0.3 is 5.32 Å². The van der Waals surface area contributed by atoms with Crippen LogP contribution in [0.25, 0.3) is 10.8 Å². The van der Waals surface area contributed by atoms with Crippen molar-refractivity contribution in [3.8, 4) is 0 Å². The van der Waals surface area contributed by atoms with Crippen LogP contribution in [0.5, 0.6) is 0 Å². The van der Waals surface area contributed by atoms with Crippen LogP contribution in [0.2, 0.25) is 0 Å². The summed E-state index contributed by atoms with van der Waals surface area (Å²) in [7, 11) is 2.17. The molecule has 1 aromatic heterocycles. The standard InChI is InChI=1S/C29H40N2/c1-28-13-10-23(30-3)17-22(28)6-7-24-26-9-8-25(29(26,2)14-11-27(24)28)20-5-4-19-12-15-31-18-21(19)16-20/h4-5,12,15-16,18,22-27,30H,6-11,13-14,17H2,1-3H3/t22?,23-,24-,25+,26-,27-,28-,29+/m0/s1. The minimum Gasteiger partial charge on any atom is -0.317 e. The lowest BCUT2D eigenvalue weighted by atomic mass is 9.44. The Morgan fingerprint density at radius 3 is 2.58 bits per heavy atom. The number of aromatic nitrogens is 1. The molecule has 2 nitrogen and oxygen atoms in total. The molecule has 31 heavy (non-hydrogen) atoms. The molecular formula is C29H40N2. The molecule has 0 bridgehead atoms. The fraction of sp³-hybridized carbons (Fsp3) is 0.690. The molecule has 4 aliphatic carbocycles. The molecule has 4 aliphatic rings. The molecule has 1 N–H and O–H groups in total. The van der Waals surface area contributed by atoms with Gasteiger partial charge in [0, 0.05) is 23.8 Å². The molecular weight excluding hydrogens is 376 g/mol. The van der Waals surface area contributed by atoms with Crippen molar-refractivity contribution in [3.05, 3.63) is 42.2 Å². The summed E-state index contributed by atoms with van der Waals surface area (Å²) in [5.74, 6) is 4.56. The third kappa shape index (κ3) is 2.96. The maximum Gasteiger partial charge on any atom is 0.0346 e. The van der Waals surface area contributed by atoms with Gasteiger partial charge >= 0.3 is 0 Å². The Morgan fingerprint density at radius 2 is 1.71 bits per heavy atom. The second-order valence-corrected chi connectivity index (χ2v) is 12.1. The molecule has 0 spiro atoms. The first kappa shape index (κ1) is 20.2. The molecule has 4 saturated carbocycles. The largest absolute Gasteiger partial charge is 0.317 e. The summed E-state index contributed by atoms with van der Waals surface area (Å²) in [5.41, 5.74) is 2.67. The maximum atomic E-state index is 4.39. The van der Waals surface area contributed by atoms with E-state index in [1.807, 2.05) is 12.4 Å². The first-order valence-corrected chi connectivity index (χ1v) is 13.0. The van der Waals surface area contributed by atoms with Gasteiger partial charge in [0.2, 0.25) is 0 Å². The second-order valence-electron chi connectivity index (χ2n) is 12.1. The predicted molar refractivity (Wildman–Crippen MR) is 129 cm³/mol. The van der Waals surface area contributed by atoms with Gasteiger partial charge in [-0.1, -0.05) is 26.0 Å². The minimum atomic E-state index is 0.489. The Hall–Kier alpha value is -1.41. The molecule has 0 radical (unpaired) electrons. The topological polar surface area (TPSA) is 24.9 Å². The zero-order chi connectivity index (χ0) is 21.2. The Balaban J connectivity index is 1.28. The number of hydrogen-bond acceptors (Lipinski definition) is 2. The fourth-order valence-corrected chi connectivity index (χ4v) is 9.39. The molecule has 1 heterocycles. The van der Waals surface area contributed by atoms with Crippen molar-refractivity contribution >= 4 is 10.8 Å². The Kier molecular flexibility index (Phi) is 4.76. The number of hydrogen-bond donors (Lipinski definition) is 1. The van der Waals surface area contributed by atoms with Crippen LogP contribution in [0.3, 0.4) is 0 Å². The number of benzene rings is 1. The molecule has 0 aliphatic heterocycles. The third-order valence-corrected chi connectivity index (χ3v) is 11.1. The molecule has 166 valence electrons. The van der Waals surface area contributed by atoms with Crippen LogP contribution >= 0.6 is 0 Å². The second kappa shape index (κ2) is 7.30. The van der Waals surface area contributed by atoms with Gasteiger partial charge in [0.25, 0.3) is 0 Å². The van der Waals surface area contributed by atoms with E-state index in [1.165, 1.54) is 68.6 Å².